The molecule has 0 saturated heterocycles. The molecule has 1 aromatic rings. The van der Waals surface area contributed by atoms with E-state index in [2.05, 4.69) is 15.9 Å². The van der Waals surface area contributed by atoms with Crippen molar-refractivity contribution in [2.75, 3.05) is 19.0 Å². The number of benzene rings is 1. The van der Waals surface area contributed by atoms with Crippen LogP contribution in [0.5, 0.6) is 5.75 Å². The Bertz CT molecular complexity index is 553. The van der Waals surface area contributed by atoms with Crippen molar-refractivity contribution in [2.45, 2.75) is 38.8 Å². The molecule has 0 radical (unpaired) electrons. The lowest BCUT2D eigenvalue weighted by Crippen LogP contribution is -2.49. The Balaban J connectivity index is 3.05. The summed E-state index contributed by atoms with van der Waals surface area (Å²) in [6, 6.07) is 5.66. The van der Waals surface area contributed by atoms with Crippen LogP contribution in [0.15, 0.2) is 24.3 Å². The number of hydrogen-bond acceptors (Lipinski definition) is 5. The van der Waals surface area contributed by atoms with E-state index in [1.54, 1.807) is 32.9 Å². The highest BCUT2D eigenvalue weighted by atomic mass is 79.9. The SMILES string of the molecule is COC(=O)[C@H](Cc1ccc(O)cc1)N(CCBr)C(=O)OC(C)(C)C. The average Bonchev–Trinajstić information content (AvgIpc) is 2.50. The molecular weight excluding hydrogens is 378 g/mol. The van der Waals surface area contributed by atoms with Gasteiger partial charge in [-0.1, -0.05) is 28.1 Å². The smallest absolute Gasteiger partial charge is 0.411 e. The number of phenols is 1. The van der Waals surface area contributed by atoms with Crippen LogP contribution in [-0.4, -0.2) is 52.7 Å². The molecule has 1 atom stereocenters. The van der Waals surface area contributed by atoms with Crippen molar-refractivity contribution in [1.29, 1.82) is 0 Å². The van der Waals surface area contributed by atoms with Gasteiger partial charge in [0.05, 0.1) is 7.11 Å². The highest BCUT2D eigenvalue weighted by molar-refractivity contribution is 9.09. The van der Waals surface area contributed by atoms with Crippen molar-refractivity contribution in [3.63, 3.8) is 0 Å². The molecule has 0 heterocycles. The fraction of sp³-hybridized carbons (Fsp3) is 0.529. The number of amides is 1. The monoisotopic (exact) mass is 401 g/mol. The molecule has 7 heteroatoms. The summed E-state index contributed by atoms with van der Waals surface area (Å²) >= 11 is 3.30. The number of phenolic OH excluding ortho intramolecular Hbond substituents is 1. The molecule has 0 aliphatic rings. The predicted molar refractivity (Wildman–Crippen MR) is 94.3 cm³/mol. The first kappa shape index (κ1) is 20.3. The molecule has 0 bridgehead atoms. The number of nitrogens with zero attached hydrogens (tertiary/aromatic N) is 1. The topological polar surface area (TPSA) is 76.1 Å². The molecule has 134 valence electrons. The van der Waals surface area contributed by atoms with Crippen molar-refractivity contribution in [3.05, 3.63) is 29.8 Å². The van der Waals surface area contributed by atoms with Gasteiger partial charge in [0, 0.05) is 18.3 Å². The zero-order valence-corrected chi connectivity index (χ0v) is 16.0. The van der Waals surface area contributed by atoms with Gasteiger partial charge < -0.3 is 14.6 Å². The van der Waals surface area contributed by atoms with Crippen LogP contribution in [0, 0.1) is 0 Å². The zero-order valence-electron chi connectivity index (χ0n) is 14.4. The molecule has 0 spiro atoms. The normalized spacial score (nSPS) is 12.4. The molecule has 0 saturated carbocycles. The summed E-state index contributed by atoms with van der Waals surface area (Å²) in [6.07, 6.45) is -0.310. The van der Waals surface area contributed by atoms with E-state index in [0.29, 0.717) is 11.9 Å². The molecule has 1 N–H and O–H groups in total. The van der Waals surface area contributed by atoms with Crippen molar-refractivity contribution in [2.24, 2.45) is 0 Å². The first-order valence-corrected chi connectivity index (χ1v) is 8.71. The summed E-state index contributed by atoms with van der Waals surface area (Å²) in [5.41, 5.74) is 0.132. The van der Waals surface area contributed by atoms with Crippen LogP contribution in [0.25, 0.3) is 0 Å². The number of carbonyl (C=O) groups excluding carboxylic acids is 2. The number of aromatic hydroxyl groups is 1. The number of carbonyl (C=O) groups is 2. The highest BCUT2D eigenvalue weighted by Gasteiger charge is 2.33. The molecule has 0 aliphatic carbocycles. The van der Waals surface area contributed by atoms with E-state index >= 15 is 0 Å². The minimum absolute atomic E-state index is 0.137. The second-order valence-corrected chi connectivity index (χ2v) is 7.07. The summed E-state index contributed by atoms with van der Waals surface area (Å²) in [7, 11) is 1.29. The summed E-state index contributed by atoms with van der Waals surface area (Å²) in [5, 5.41) is 9.87. The van der Waals surface area contributed by atoms with Crippen LogP contribution < -0.4 is 0 Å². The summed E-state index contributed by atoms with van der Waals surface area (Å²) in [5.74, 6) is -0.382. The van der Waals surface area contributed by atoms with Crippen LogP contribution in [0.3, 0.4) is 0 Å². The standard InChI is InChI=1S/C17H24BrNO5/c1-17(2,3)24-16(22)19(10-9-18)14(15(21)23-4)11-12-5-7-13(20)8-6-12/h5-8,14,20H,9-11H2,1-4H3/t14-/m0/s1. The maximum atomic E-state index is 12.5. The maximum Gasteiger partial charge on any atom is 0.411 e. The van der Waals surface area contributed by atoms with Gasteiger partial charge in [-0.05, 0) is 38.5 Å². The van der Waals surface area contributed by atoms with E-state index in [1.165, 1.54) is 24.1 Å². The maximum absolute atomic E-state index is 12.5. The lowest BCUT2D eigenvalue weighted by Gasteiger charge is -2.31. The Hall–Kier alpha value is -1.76. The number of ether oxygens (including phenoxy) is 2. The summed E-state index contributed by atoms with van der Waals surface area (Å²) in [6.45, 7) is 5.60. The number of esters is 1. The minimum atomic E-state index is -0.813. The Labute approximate surface area is 150 Å². The third-order valence-corrected chi connectivity index (χ3v) is 3.52. The Kier molecular flexibility index (Phi) is 7.54. The van der Waals surface area contributed by atoms with Gasteiger partial charge in [0.2, 0.25) is 0 Å². The lowest BCUT2D eigenvalue weighted by atomic mass is 10.0. The fourth-order valence-electron chi connectivity index (χ4n) is 2.10. The van der Waals surface area contributed by atoms with E-state index in [9.17, 15) is 14.7 Å². The van der Waals surface area contributed by atoms with Gasteiger partial charge in [0.15, 0.2) is 0 Å². The Morgan fingerprint density at radius 1 is 1.25 bits per heavy atom. The molecule has 0 aromatic heterocycles. The minimum Gasteiger partial charge on any atom is -0.508 e. The van der Waals surface area contributed by atoms with Crippen molar-refractivity contribution in [1.82, 2.24) is 4.90 Å². The highest BCUT2D eigenvalue weighted by Crippen LogP contribution is 2.18. The van der Waals surface area contributed by atoms with E-state index < -0.39 is 23.7 Å². The fourth-order valence-corrected chi connectivity index (χ4v) is 2.48. The van der Waals surface area contributed by atoms with Gasteiger partial charge >= 0.3 is 12.1 Å². The third-order valence-electron chi connectivity index (χ3n) is 3.17. The van der Waals surface area contributed by atoms with Crippen LogP contribution in [0.4, 0.5) is 4.79 Å². The van der Waals surface area contributed by atoms with Gasteiger partial charge in [0.25, 0.3) is 0 Å². The summed E-state index contributed by atoms with van der Waals surface area (Å²) < 4.78 is 10.3. The predicted octanol–water partition coefficient (Wildman–Crippen LogP) is 3.11. The average molecular weight is 402 g/mol. The van der Waals surface area contributed by atoms with E-state index in [0.717, 1.165) is 5.56 Å². The first-order chi connectivity index (χ1) is 11.2. The largest absolute Gasteiger partial charge is 0.508 e. The number of hydrogen-bond donors (Lipinski definition) is 1. The van der Waals surface area contributed by atoms with E-state index in [1.807, 2.05) is 0 Å². The molecule has 0 unspecified atom stereocenters. The zero-order chi connectivity index (χ0) is 18.3. The first-order valence-electron chi connectivity index (χ1n) is 7.59. The summed E-state index contributed by atoms with van der Waals surface area (Å²) in [4.78, 5) is 26.1. The second-order valence-electron chi connectivity index (χ2n) is 6.27. The van der Waals surface area contributed by atoms with Crippen LogP contribution in [-0.2, 0) is 20.7 Å². The molecule has 0 fully saturated rings. The molecule has 1 rings (SSSR count). The van der Waals surface area contributed by atoms with Crippen LogP contribution in [0.1, 0.15) is 26.3 Å². The molecule has 1 aromatic carbocycles. The number of halogens is 1. The Morgan fingerprint density at radius 2 is 1.83 bits per heavy atom. The molecule has 1 amide bonds. The second kappa shape index (κ2) is 8.92. The molecular formula is C17H24BrNO5. The Morgan fingerprint density at radius 3 is 2.29 bits per heavy atom. The quantitative estimate of drug-likeness (QED) is 0.585. The van der Waals surface area contributed by atoms with Gasteiger partial charge in [-0.15, -0.1) is 0 Å². The molecule has 24 heavy (non-hydrogen) atoms. The van der Waals surface area contributed by atoms with E-state index in [4.69, 9.17) is 9.47 Å². The van der Waals surface area contributed by atoms with Gasteiger partial charge in [-0.3, -0.25) is 4.90 Å². The van der Waals surface area contributed by atoms with Crippen molar-refractivity contribution in [3.8, 4) is 5.75 Å². The molecule has 0 aliphatic heterocycles. The molecule has 6 nitrogen and oxygen atoms in total. The number of alkyl halides is 1. The van der Waals surface area contributed by atoms with Crippen molar-refractivity contribution >= 4 is 28.0 Å². The van der Waals surface area contributed by atoms with Gasteiger partial charge in [0.1, 0.15) is 17.4 Å². The number of rotatable bonds is 6. The lowest BCUT2D eigenvalue weighted by molar-refractivity contribution is -0.146. The van der Waals surface area contributed by atoms with Gasteiger partial charge in [-0.25, -0.2) is 9.59 Å². The third kappa shape index (κ3) is 6.39. The van der Waals surface area contributed by atoms with Crippen LogP contribution >= 0.6 is 15.9 Å². The van der Waals surface area contributed by atoms with Crippen LogP contribution in [0.2, 0.25) is 0 Å². The van der Waals surface area contributed by atoms with Gasteiger partial charge in [-0.2, -0.15) is 0 Å². The number of methoxy groups -OCH3 is 1. The van der Waals surface area contributed by atoms with E-state index in [-0.39, 0.29) is 12.2 Å². The van der Waals surface area contributed by atoms with Crippen molar-refractivity contribution < 1.29 is 24.2 Å².